The number of aliphatic hydroxyl groups excluding tert-OH is 1. The van der Waals surface area contributed by atoms with E-state index in [1.807, 2.05) is 32.0 Å². The van der Waals surface area contributed by atoms with Crippen LogP contribution >= 0.6 is 12.4 Å². The van der Waals surface area contributed by atoms with E-state index in [4.69, 9.17) is 9.47 Å². The molecule has 0 spiro atoms. The summed E-state index contributed by atoms with van der Waals surface area (Å²) in [5.41, 5.74) is 1.11. The van der Waals surface area contributed by atoms with Crippen molar-refractivity contribution in [1.29, 1.82) is 0 Å². The average molecular weight is 290 g/mol. The summed E-state index contributed by atoms with van der Waals surface area (Å²) in [6.07, 6.45) is -0.334. The molecule has 0 saturated heterocycles. The number of ether oxygens (including phenoxy) is 2. The highest BCUT2D eigenvalue weighted by molar-refractivity contribution is 5.85. The number of aliphatic hydroxyl groups is 1. The SMILES string of the molecule is CCOc1ccc(CNCC(C)O)cc1OCC.Cl. The molecular formula is C14H24ClNO3. The van der Waals surface area contributed by atoms with Gasteiger partial charge in [0.05, 0.1) is 19.3 Å². The number of hydrogen-bond donors (Lipinski definition) is 2. The summed E-state index contributed by atoms with van der Waals surface area (Å²) in [6, 6.07) is 5.90. The molecule has 2 N–H and O–H groups in total. The van der Waals surface area contributed by atoms with Gasteiger partial charge in [0, 0.05) is 13.1 Å². The van der Waals surface area contributed by atoms with Crippen LogP contribution in [0.2, 0.25) is 0 Å². The molecule has 110 valence electrons. The molecule has 0 saturated carbocycles. The fourth-order valence-corrected chi connectivity index (χ4v) is 1.63. The first-order valence-electron chi connectivity index (χ1n) is 6.44. The first-order valence-corrected chi connectivity index (χ1v) is 6.44. The van der Waals surface area contributed by atoms with Gasteiger partial charge in [-0.25, -0.2) is 0 Å². The second-order valence-corrected chi connectivity index (χ2v) is 4.13. The van der Waals surface area contributed by atoms with Gasteiger partial charge in [-0.05, 0) is 38.5 Å². The van der Waals surface area contributed by atoms with E-state index in [-0.39, 0.29) is 18.5 Å². The van der Waals surface area contributed by atoms with Gasteiger partial charge >= 0.3 is 0 Å². The van der Waals surface area contributed by atoms with E-state index in [2.05, 4.69) is 5.32 Å². The summed E-state index contributed by atoms with van der Waals surface area (Å²) in [6.45, 7) is 8.19. The Balaban J connectivity index is 0.00000324. The molecule has 0 aliphatic heterocycles. The first-order chi connectivity index (χ1) is 8.67. The highest BCUT2D eigenvalue weighted by Gasteiger charge is 2.06. The number of halogens is 1. The Hall–Kier alpha value is -0.970. The predicted molar refractivity (Wildman–Crippen MR) is 79.4 cm³/mol. The van der Waals surface area contributed by atoms with Gasteiger partial charge in [-0.3, -0.25) is 0 Å². The molecule has 0 radical (unpaired) electrons. The number of benzene rings is 1. The molecule has 1 aromatic rings. The van der Waals surface area contributed by atoms with Gasteiger partial charge in [-0.15, -0.1) is 12.4 Å². The summed E-state index contributed by atoms with van der Waals surface area (Å²) in [5, 5.41) is 12.4. The van der Waals surface area contributed by atoms with Crippen LogP contribution < -0.4 is 14.8 Å². The maximum absolute atomic E-state index is 9.18. The molecule has 0 aliphatic carbocycles. The second kappa shape index (κ2) is 9.89. The van der Waals surface area contributed by atoms with Gasteiger partial charge < -0.3 is 19.9 Å². The highest BCUT2D eigenvalue weighted by atomic mass is 35.5. The third kappa shape index (κ3) is 6.66. The van der Waals surface area contributed by atoms with Crippen LogP contribution in [0, 0.1) is 0 Å². The van der Waals surface area contributed by atoms with Crippen molar-refractivity contribution in [2.75, 3.05) is 19.8 Å². The molecular weight excluding hydrogens is 266 g/mol. The molecule has 0 heterocycles. The number of hydrogen-bond acceptors (Lipinski definition) is 4. The maximum atomic E-state index is 9.18. The van der Waals surface area contributed by atoms with E-state index < -0.39 is 0 Å². The lowest BCUT2D eigenvalue weighted by Gasteiger charge is -2.13. The Morgan fingerprint density at radius 2 is 1.79 bits per heavy atom. The number of rotatable bonds is 8. The van der Waals surface area contributed by atoms with Gasteiger partial charge in [0.25, 0.3) is 0 Å². The van der Waals surface area contributed by atoms with Crippen LogP contribution in [0.1, 0.15) is 26.3 Å². The molecule has 1 aromatic carbocycles. The molecule has 19 heavy (non-hydrogen) atoms. The van der Waals surface area contributed by atoms with E-state index in [9.17, 15) is 5.11 Å². The Morgan fingerprint density at radius 1 is 1.16 bits per heavy atom. The Morgan fingerprint density at radius 3 is 2.37 bits per heavy atom. The lowest BCUT2D eigenvalue weighted by atomic mass is 10.2. The normalized spacial score (nSPS) is 11.6. The Labute approximate surface area is 121 Å². The summed E-state index contributed by atoms with van der Waals surface area (Å²) >= 11 is 0. The molecule has 1 atom stereocenters. The molecule has 0 fully saturated rings. The third-order valence-corrected chi connectivity index (χ3v) is 2.38. The second-order valence-electron chi connectivity index (χ2n) is 4.13. The van der Waals surface area contributed by atoms with Crippen LogP contribution in [0.25, 0.3) is 0 Å². The van der Waals surface area contributed by atoms with Crippen molar-refractivity contribution < 1.29 is 14.6 Å². The molecule has 5 heteroatoms. The maximum Gasteiger partial charge on any atom is 0.161 e. The van der Waals surface area contributed by atoms with E-state index in [1.165, 1.54) is 0 Å². The number of nitrogens with one attached hydrogen (secondary N) is 1. The molecule has 0 bridgehead atoms. The lowest BCUT2D eigenvalue weighted by Crippen LogP contribution is -2.23. The highest BCUT2D eigenvalue weighted by Crippen LogP contribution is 2.28. The van der Waals surface area contributed by atoms with Crippen LogP contribution in [0.15, 0.2) is 18.2 Å². The average Bonchev–Trinajstić information content (AvgIpc) is 2.32. The third-order valence-electron chi connectivity index (χ3n) is 2.38. The van der Waals surface area contributed by atoms with E-state index in [0.29, 0.717) is 26.3 Å². The predicted octanol–water partition coefficient (Wildman–Crippen LogP) is 2.38. The van der Waals surface area contributed by atoms with Gasteiger partial charge in [-0.1, -0.05) is 6.07 Å². The monoisotopic (exact) mass is 289 g/mol. The largest absolute Gasteiger partial charge is 0.490 e. The molecule has 0 amide bonds. The Kier molecular flexibility index (Phi) is 9.39. The summed E-state index contributed by atoms with van der Waals surface area (Å²) in [5.74, 6) is 1.55. The van der Waals surface area contributed by atoms with Gasteiger partial charge in [0.15, 0.2) is 11.5 Å². The lowest BCUT2D eigenvalue weighted by molar-refractivity contribution is 0.191. The van der Waals surface area contributed by atoms with Crippen molar-refractivity contribution >= 4 is 12.4 Å². The van der Waals surface area contributed by atoms with E-state index in [1.54, 1.807) is 6.92 Å². The first kappa shape index (κ1) is 18.0. The van der Waals surface area contributed by atoms with Crippen molar-refractivity contribution in [3.05, 3.63) is 23.8 Å². The van der Waals surface area contributed by atoms with Gasteiger partial charge in [0.1, 0.15) is 0 Å². The molecule has 0 aromatic heterocycles. The molecule has 1 rings (SSSR count). The van der Waals surface area contributed by atoms with Crippen LogP contribution in [-0.2, 0) is 6.54 Å². The van der Waals surface area contributed by atoms with Crippen molar-refractivity contribution in [2.24, 2.45) is 0 Å². The van der Waals surface area contributed by atoms with Crippen LogP contribution in [-0.4, -0.2) is 31.0 Å². The van der Waals surface area contributed by atoms with Crippen LogP contribution in [0.3, 0.4) is 0 Å². The van der Waals surface area contributed by atoms with Gasteiger partial charge in [0.2, 0.25) is 0 Å². The standard InChI is InChI=1S/C14H23NO3.ClH/c1-4-17-13-7-6-12(8-14(13)18-5-2)10-15-9-11(3)16;/h6-8,11,15-16H,4-5,9-10H2,1-3H3;1H. The summed E-state index contributed by atoms with van der Waals surface area (Å²) < 4.78 is 11.1. The van der Waals surface area contributed by atoms with Crippen molar-refractivity contribution in [1.82, 2.24) is 5.32 Å². The summed E-state index contributed by atoms with van der Waals surface area (Å²) in [4.78, 5) is 0. The van der Waals surface area contributed by atoms with Crippen molar-refractivity contribution in [2.45, 2.75) is 33.4 Å². The summed E-state index contributed by atoms with van der Waals surface area (Å²) in [7, 11) is 0. The van der Waals surface area contributed by atoms with Crippen molar-refractivity contribution in [3.8, 4) is 11.5 Å². The van der Waals surface area contributed by atoms with Crippen LogP contribution in [0.5, 0.6) is 11.5 Å². The minimum absolute atomic E-state index is 0. The molecule has 4 nitrogen and oxygen atoms in total. The van der Waals surface area contributed by atoms with Gasteiger partial charge in [-0.2, -0.15) is 0 Å². The fourth-order valence-electron chi connectivity index (χ4n) is 1.63. The van der Waals surface area contributed by atoms with Crippen molar-refractivity contribution in [3.63, 3.8) is 0 Å². The van der Waals surface area contributed by atoms with E-state index >= 15 is 0 Å². The van der Waals surface area contributed by atoms with Crippen LogP contribution in [0.4, 0.5) is 0 Å². The topological polar surface area (TPSA) is 50.7 Å². The minimum atomic E-state index is -0.334. The zero-order valence-corrected chi connectivity index (χ0v) is 12.6. The quantitative estimate of drug-likeness (QED) is 0.771. The zero-order valence-electron chi connectivity index (χ0n) is 11.8. The fraction of sp³-hybridized carbons (Fsp3) is 0.571. The van der Waals surface area contributed by atoms with E-state index in [0.717, 1.165) is 17.1 Å². The smallest absolute Gasteiger partial charge is 0.161 e. The Bertz CT molecular complexity index is 359. The molecule has 0 aliphatic rings. The zero-order chi connectivity index (χ0) is 13.4. The minimum Gasteiger partial charge on any atom is -0.490 e. The molecule has 1 unspecified atom stereocenters.